The van der Waals surface area contributed by atoms with Crippen LogP contribution < -0.4 is 0 Å². The quantitative estimate of drug-likeness (QED) is 0.856. The first kappa shape index (κ1) is 11.9. The third kappa shape index (κ3) is 2.41. The molecule has 0 radical (unpaired) electrons. The van der Waals surface area contributed by atoms with Gasteiger partial charge in [-0.1, -0.05) is 13.0 Å². The van der Waals surface area contributed by atoms with Gasteiger partial charge in [-0.3, -0.25) is 9.67 Å². The molecule has 0 saturated carbocycles. The van der Waals surface area contributed by atoms with Crippen molar-refractivity contribution < 1.29 is 8.78 Å². The summed E-state index contributed by atoms with van der Waals surface area (Å²) in [4.78, 5) is 0. The molecule has 2 rings (SSSR count). The summed E-state index contributed by atoms with van der Waals surface area (Å²) in [6.07, 6.45) is 0.719. The number of nitrogens with one attached hydrogen (secondary N) is 1. The highest BCUT2D eigenvalue weighted by Crippen LogP contribution is 2.11. The zero-order chi connectivity index (χ0) is 12.4. The summed E-state index contributed by atoms with van der Waals surface area (Å²) in [7, 11) is 0. The molecule has 0 amide bonds. The van der Waals surface area contributed by atoms with Crippen molar-refractivity contribution in [3.63, 3.8) is 0 Å². The minimum atomic E-state index is -0.851. The molecule has 0 atom stereocenters. The standard InChI is InChI=1S/C11H11F2N3S/c1-2-10-14-15-11(17)16(10)6-7-3-4-8(12)9(13)5-7/h3-5H,2,6H2,1H3,(H,15,17). The highest BCUT2D eigenvalue weighted by atomic mass is 32.1. The fourth-order valence-electron chi connectivity index (χ4n) is 1.60. The Kier molecular flexibility index (Phi) is 3.33. The second kappa shape index (κ2) is 4.75. The lowest BCUT2D eigenvalue weighted by molar-refractivity contribution is 0.506. The van der Waals surface area contributed by atoms with Crippen LogP contribution in [0.3, 0.4) is 0 Å². The average molecular weight is 255 g/mol. The van der Waals surface area contributed by atoms with Crippen molar-refractivity contribution in [2.75, 3.05) is 0 Å². The molecule has 0 aliphatic heterocycles. The van der Waals surface area contributed by atoms with Crippen LogP contribution in [0.4, 0.5) is 8.78 Å². The van der Waals surface area contributed by atoms with Crippen LogP contribution in [-0.2, 0) is 13.0 Å². The van der Waals surface area contributed by atoms with Gasteiger partial charge in [0.15, 0.2) is 16.4 Å². The van der Waals surface area contributed by atoms with Gasteiger partial charge in [-0.05, 0) is 29.9 Å². The predicted octanol–water partition coefficient (Wildman–Crippen LogP) is 2.83. The Labute approximate surface area is 102 Å². The minimum absolute atomic E-state index is 0.385. The van der Waals surface area contributed by atoms with Crippen LogP contribution >= 0.6 is 12.2 Å². The maximum Gasteiger partial charge on any atom is 0.195 e. The molecule has 90 valence electrons. The van der Waals surface area contributed by atoms with Gasteiger partial charge in [0.2, 0.25) is 0 Å². The molecule has 0 fully saturated rings. The summed E-state index contributed by atoms with van der Waals surface area (Å²) < 4.78 is 28.1. The highest BCUT2D eigenvalue weighted by Gasteiger charge is 2.07. The molecular formula is C11H11F2N3S. The molecule has 2 aromatic rings. The van der Waals surface area contributed by atoms with E-state index in [1.165, 1.54) is 12.1 Å². The van der Waals surface area contributed by atoms with Gasteiger partial charge in [0.1, 0.15) is 5.82 Å². The first-order chi connectivity index (χ1) is 8.11. The Hall–Kier alpha value is -1.56. The van der Waals surface area contributed by atoms with E-state index in [9.17, 15) is 8.78 Å². The molecule has 0 spiro atoms. The first-order valence-electron chi connectivity index (χ1n) is 5.19. The lowest BCUT2D eigenvalue weighted by Crippen LogP contribution is -2.05. The number of halogens is 2. The molecule has 1 aromatic carbocycles. The van der Waals surface area contributed by atoms with E-state index in [0.29, 0.717) is 16.9 Å². The van der Waals surface area contributed by atoms with Gasteiger partial charge in [-0.15, -0.1) is 0 Å². The zero-order valence-corrected chi connectivity index (χ0v) is 10.0. The normalized spacial score (nSPS) is 10.8. The molecule has 1 aromatic heterocycles. The van der Waals surface area contributed by atoms with E-state index in [1.54, 1.807) is 4.57 Å². The number of rotatable bonds is 3. The van der Waals surface area contributed by atoms with E-state index < -0.39 is 11.6 Å². The number of aromatic amines is 1. The Bertz CT molecular complexity index is 589. The Balaban J connectivity index is 2.34. The molecule has 0 aliphatic rings. The van der Waals surface area contributed by atoms with Gasteiger partial charge < -0.3 is 0 Å². The predicted molar refractivity (Wildman–Crippen MR) is 62.2 cm³/mol. The Morgan fingerprint density at radius 2 is 2.12 bits per heavy atom. The molecule has 6 heteroatoms. The largest absolute Gasteiger partial charge is 0.300 e. The van der Waals surface area contributed by atoms with Crippen molar-refractivity contribution in [1.82, 2.24) is 14.8 Å². The number of aromatic nitrogens is 3. The van der Waals surface area contributed by atoms with Crippen LogP contribution in [0.2, 0.25) is 0 Å². The molecule has 1 N–H and O–H groups in total. The fraction of sp³-hybridized carbons (Fsp3) is 0.273. The maximum absolute atomic E-state index is 13.1. The first-order valence-corrected chi connectivity index (χ1v) is 5.60. The molecular weight excluding hydrogens is 244 g/mol. The molecule has 1 heterocycles. The van der Waals surface area contributed by atoms with Gasteiger partial charge >= 0.3 is 0 Å². The van der Waals surface area contributed by atoms with E-state index in [0.717, 1.165) is 18.3 Å². The van der Waals surface area contributed by atoms with Gasteiger partial charge in [0.25, 0.3) is 0 Å². The number of aryl methyl sites for hydroxylation is 1. The number of benzene rings is 1. The molecule has 17 heavy (non-hydrogen) atoms. The number of hydrogen-bond acceptors (Lipinski definition) is 2. The SMILES string of the molecule is CCc1n[nH]c(=S)n1Cc1ccc(F)c(F)c1. The van der Waals surface area contributed by atoms with Crippen LogP contribution in [0.15, 0.2) is 18.2 Å². The third-order valence-electron chi connectivity index (χ3n) is 2.48. The van der Waals surface area contributed by atoms with Crippen molar-refractivity contribution in [3.8, 4) is 0 Å². The molecule has 3 nitrogen and oxygen atoms in total. The molecule has 0 aliphatic carbocycles. The van der Waals surface area contributed by atoms with Crippen molar-refractivity contribution >= 4 is 12.2 Å². The van der Waals surface area contributed by atoms with Crippen LogP contribution in [0.1, 0.15) is 18.3 Å². The second-order valence-electron chi connectivity index (χ2n) is 3.63. The van der Waals surface area contributed by atoms with Gasteiger partial charge in [0, 0.05) is 6.42 Å². The van der Waals surface area contributed by atoms with E-state index in [4.69, 9.17) is 12.2 Å². The van der Waals surface area contributed by atoms with Crippen molar-refractivity contribution in [2.45, 2.75) is 19.9 Å². The molecule has 0 bridgehead atoms. The third-order valence-corrected chi connectivity index (χ3v) is 2.79. The number of hydrogen-bond donors (Lipinski definition) is 1. The summed E-state index contributed by atoms with van der Waals surface area (Å²) in [5.74, 6) is -0.907. The summed E-state index contributed by atoms with van der Waals surface area (Å²) in [6.45, 7) is 2.34. The lowest BCUT2D eigenvalue weighted by Gasteiger charge is -2.05. The van der Waals surface area contributed by atoms with Crippen molar-refractivity contribution in [3.05, 3.63) is 46.0 Å². The van der Waals surface area contributed by atoms with Crippen LogP contribution in [-0.4, -0.2) is 14.8 Å². The highest BCUT2D eigenvalue weighted by molar-refractivity contribution is 7.71. The smallest absolute Gasteiger partial charge is 0.195 e. The lowest BCUT2D eigenvalue weighted by atomic mass is 10.2. The fourth-order valence-corrected chi connectivity index (χ4v) is 1.82. The summed E-state index contributed by atoms with van der Waals surface area (Å²) in [5.41, 5.74) is 0.649. The van der Waals surface area contributed by atoms with Crippen LogP contribution in [0, 0.1) is 16.4 Å². The second-order valence-corrected chi connectivity index (χ2v) is 4.02. The zero-order valence-electron chi connectivity index (χ0n) is 9.20. The van der Waals surface area contributed by atoms with Gasteiger partial charge in [-0.25, -0.2) is 8.78 Å². The topological polar surface area (TPSA) is 33.6 Å². The van der Waals surface area contributed by atoms with Crippen molar-refractivity contribution in [1.29, 1.82) is 0 Å². The summed E-state index contributed by atoms with van der Waals surface area (Å²) in [6, 6.07) is 3.82. The number of nitrogens with zero attached hydrogens (tertiary/aromatic N) is 2. The molecule has 0 saturated heterocycles. The number of H-pyrrole nitrogens is 1. The Morgan fingerprint density at radius 1 is 1.35 bits per heavy atom. The molecule has 0 unspecified atom stereocenters. The van der Waals surface area contributed by atoms with Gasteiger partial charge in [0.05, 0.1) is 6.54 Å². The monoisotopic (exact) mass is 255 g/mol. The minimum Gasteiger partial charge on any atom is -0.300 e. The van der Waals surface area contributed by atoms with E-state index in [2.05, 4.69) is 10.2 Å². The summed E-state index contributed by atoms with van der Waals surface area (Å²) >= 11 is 5.07. The van der Waals surface area contributed by atoms with Crippen molar-refractivity contribution in [2.24, 2.45) is 0 Å². The van der Waals surface area contributed by atoms with Crippen LogP contribution in [0.25, 0.3) is 0 Å². The Morgan fingerprint density at radius 3 is 2.76 bits per heavy atom. The summed E-state index contributed by atoms with van der Waals surface area (Å²) in [5, 5.41) is 6.73. The van der Waals surface area contributed by atoms with Gasteiger partial charge in [-0.2, -0.15) is 5.10 Å². The van der Waals surface area contributed by atoms with Crippen LogP contribution in [0.5, 0.6) is 0 Å². The van der Waals surface area contributed by atoms with E-state index in [1.807, 2.05) is 6.92 Å². The van der Waals surface area contributed by atoms with E-state index >= 15 is 0 Å². The average Bonchev–Trinajstić information content (AvgIpc) is 2.65. The van der Waals surface area contributed by atoms with E-state index in [-0.39, 0.29) is 0 Å². The maximum atomic E-state index is 13.1.